The molecule has 3 aromatic carbocycles. The Bertz CT molecular complexity index is 1120. The number of carbonyl (C=O) groups is 2. The zero-order chi connectivity index (χ0) is 21.5. The molecule has 0 spiro atoms. The first-order valence-corrected chi connectivity index (χ1v) is 8.99. The highest BCUT2D eigenvalue weighted by Crippen LogP contribution is 2.15. The predicted octanol–water partition coefficient (Wildman–Crippen LogP) is 3.92. The van der Waals surface area contributed by atoms with Crippen molar-refractivity contribution in [3.63, 3.8) is 0 Å². The van der Waals surface area contributed by atoms with Crippen molar-refractivity contribution in [2.45, 2.75) is 6.92 Å². The van der Waals surface area contributed by atoms with Crippen molar-refractivity contribution in [3.8, 4) is 0 Å². The third-order valence-corrected chi connectivity index (χ3v) is 4.19. The Morgan fingerprint density at radius 2 is 1.67 bits per heavy atom. The van der Waals surface area contributed by atoms with Gasteiger partial charge in [-0.1, -0.05) is 29.8 Å². The number of anilines is 1. The van der Waals surface area contributed by atoms with E-state index in [-0.39, 0.29) is 17.2 Å². The number of hydrogen-bond acceptors (Lipinski definition) is 5. The van der Waals surface area contributed by atoms with Gasteiger partial charge in [-0.25, -0.2) is 5.43 Å². The van der Waals surface area contributed by atoms with Crippen molar-refractivity contribution in [1.29, 1.82) is 0 Å². The predicted molar refractivity (Wildman–Crippen MR) is 114 cm³/mol. The van der Waals surface area contributed by atoms with Crippen LogP contribution >= 0.6 is 0 Å². The number of para-hydroxylation sites is 1. The fraction of sp³-hybridized carbons (Fsp3) is 0.0455. The molecule has 0 aliphatic rings. The van der Waals surface area contributed by atoms with Gasteiger partial charge in [0.25, 0.3) is 17.5 Å². The summed E-state index contributed by atoms with van der Waals surface area (Å²) < 4.78 is 0. The summed E-state index contributed by atoms with van der Waals surface area (Å²) in [5.74, 6) is -0.730. The van der Waals surface area contributed by atoms with Crippen LogP contribution in [0.3, 0.4) is 0 Å². The molecule has 0 radical (unpaired) electrons. The number of amides is 2. The molecule has 2 amide bonds. The average molecular weight is 402 g/mol. The smallest absolute Gasteiger partial charge is 0.278 e. The van der Waals surface area contributed by atoms with Gasteiger partial charge in [-0.15, -0.1) is 0 Å². The molecule has 8 heteroatoms. The van der Waals surface area contributed by atoms with Crippen LogP contribution in [0.5, 0.6) is 0 Å². The third kappa shape index (κ3) is 5.14. The first kappa shape index (κ1) is 20.4. The second kappa shape index (κ2) is 9.24. The van der Waals surface area contributed by atoms with Crippen molar-refractivity contribution < 1.29 is 14.5 Å². The first-order chi connectivity index (χ1) is 14.4. The van der Waals surface area contributed by atoms with Crippen molar-refractivity contribution in [2.24, 2.45) is 5.10 Å². The highest BCUT2D eigenvalue weighted by Gasteiger charge is 2.11. The van der Waals surface area contributed by atoms with Gasteiger partial charge in [0.2, 0.25) is 0 Å². The highest BCUT2D eigenvalue weighted by molar-refractivity contribution is 6.04. The highest BCUT2D eigenvalue weighted by atomic mass is 16.6. The molecule has 0 atom stereocenters. The summed E-state index contributed by atoms with van der Waals surface area (Å²) in [6, 6.07) is 19.6. The van der Waals surface area contributed by atoms with E-state index in [9.17, 15) is 19.7 Å². The zero-order valence-corrected chi connectivity index (χ0v) is 16.0. The van der Waals surface area contributed by atoms with Crippen LogP contribution in [0.1, 0.15) is 31.8 Å². The Labute approximate surface area is 172 Å². The average Bonchev–Trinajstić information content (AvgIpc) is 2.74. The van der Waals surface area contributed by atoms with E-state index in [2.05, 4.69) is 15.8 Å². The number of nitrogens with one attached hydrogen (secondary N) is 2. The van der Waals surface area contributed by atoms with E-state index < -0.39 is 10.8 Å². The van der Waals surface area contributed by atoms with Gasteiger partial charge in [0.05, 0.1) is 16.7 Å². The van der Waals surface area contributed by atoms with E-state index in [1.165, 1.54) is 18.3 Å². The molecular weight excluding hydrogens is 384 g/mol. The summed E-state index contributed by atoms with van der Waals surface area (Å²) in [4.78, 5) is 34.9. The Morgan fingerprint density at radius 1 is 0.933 bits per heavy atom. The summed E-state index contributed by atoms with van der Waals surface area (Å²) in [6.45, 7) is 1.91. The van der Waals surface area contributed by atoms with Crippen LogP contribution in [0.25, 0.3) is 0 Å². The summed E-state index contributed by atoms with van der Waals surface area (Å²) in [6.07, 6.45) is 1.21. The zero-order valence-electron chi connectivity index (χ0n) is 16.0. The maximum atomic E-state index is 12.3. The molecule has 0 heterocycles. The van der Waals surface area contributed by atoms with Crippen molar-refractivity contribution in [1.82, 2.24) is 5.43 Å². The Hall–Kier alpha value is -4.33. The number of rotatable bonds is 6. The molecule has 0 saturated heterocycles. The van der Waals surface area contributed by atoms with E-state index in [1.54, 1.807) is 48.5 Å². The second-order valence-corrected chi connectivity index (χ2v) is 6.42. The maximum absolute atomic E-state index is 12.3. The minimum absolute atomic E-state index is 0.107. The largest absolute Gasteiger partial charge is 0.322 e. The number of hydrazone groups is 1. The minimum Gasteiger partial charge on any atom is -0.322 e. The number of nitrogens with zero attached hydrogens (tertiary/aromatic N) is 2. The molecule has 0 unspecified atom stereocenters. The van der Waals surface area contributed by atoms with Crippen LogP contribution in [-0.2, 0) is 0 Å². The van der Waals surface area contributed by atoms with Gasteiger partial charge in [0.15, 0.2) is 0 Å². The lowest BCUT2D eigenvalue weighted by Crippen LogP contribution is -2.18. The van der Waals surface area contributed by atoms with Gasteiger partial charge >= 0.3 is 0 Å². The molecule has 150 valence electrons. The lowest BCUT2D eigenvalue weighted by atomic mass is 10.1. The molecule has 0 bridgehead atoms. The molecule has 8 nitrogen and oxygen atoms in total. The minimum atomic E-state index is -0.521. The molecule has 2 N–H and O–H groups in total. The van der Waals surface area contributed by atoms with Crippen LogP contribution in [0.4, 0.5) is 11.4 Å². The van der Waals surface area contributed by atoms with Crippen LogP contribution in [0.15, 0.2) is 77.9 Å². The van der Waals surface area contributed by atoms with Gasteiger partial charge in [-0.3, -0.25) is 19.7 Å². The number of aryl methyl sites for hydroxylation is 1. The second-order valence-electron chi connectivity index (χ2n) is 6.42. The van der Waals surface area contributed by atoms with Gasteiger partial charge in [-0.05, 0) is 49.4 Å². The standard InChI is InChI=1S/C22H18N4O4/c1-15-5-4-7-17(13-15)21(27)24-19-11-9-16(10-12-19)22(28)25-23-14-18-6-2-3-8-20(18)26(29)30/h2-14H,1H3,(H,24,27)(H,25,28). The van der Waals surface area contributed by atoms with Gasteiger partial charge < -0.3 is 5.32 Å². The number of carbonyl (C=O) groups excluding carboxylic acids is 2. The van der Waals surface area contributed by atoms with Gasteiger partial charge in [0, 0.05) is 22.9 Å². The number of nitro benzene ring substituents is 1. The summed E-state index contributed by atoms with van der Waals surface area (Å²) in [5, 5.41) is 17.5. The summed E-state index contributed by atoms with van der Waals surface area (Å²) in [5.41, 5.74) is 4.88. The maximum Gasteiger partial charge on any atom is 0.278 e. The normalized spacial score (nSPS) is 10.6. The molecular formula is C22H18N4O4. The SMILES string of the molecule is Cc1cccc(C(=O)Nc2ccc(C(=O)NN=Cc3ccccc3[N+](=O)[O-])cc2)c1. The van der Waals surface area contributed by atoms with Crippen molar-refractivity contribution in [2.75, 3.05) is 5.32 Å². The molecule has 0 saturated carbocycles. The molecule has 3 aromatic rings. The lowest BCUT2D eigenvalue weighted by molar-refractivity contribution is -0.385. The van der Waals surface area contributed by atoms with Crippen molar-refractivity contribution >= 4 is 29.4 Å². The quantitative estimate of drug-likeness (QED) is 0.369. The van der Waals surface area contributed by atoms with Crippen molar-refractivity contribution in [3.05, 3.63) is 105 Å². The Morgan fingerprint density at radius 3 is 2.37 bits per heavy atom. The topological polar surface area (TPSA) is 114 Å². The molecule has 0 aliphatic carbocycles. The van der Waals surface area contributed by atoms with E-state index in [0.29, 0.717) is 16.8 Å². The van der Waals surface area contributed by atoms with Crippen LogP contribution in [-0.4, -0.2) is 23.0 Å². The first-order valence-electron chi connectivity index (χ1n) is 8.99. The lowest BCUT2D eigenvalue weighted by Gasteiger charge is -2.07. The molecule has 0 aliphatic heterocycles. The third-order valence-electron chi connectivity index (χ3n) is 4.19. The molecule has 30 heavy (non-hydrogen) atoms. The number of nitro groups is 1. The number of benzene rings is 3. The number of hydrogen-bond donors (Lipinski definition) is 2. The molecule has 0 fully saturated rings. The van der Waals surface area contributed by atoms with Crippen LogP contribution in [0, 0.1) is 17.0 Å². The Kier molecular flexibility index (Phi) is 6.29. The fourth-order valence-electron chi connectivity index (χ4n) is 2.68. The van der Waals surface area contributed by atoms with Gasteiger partial charge in [-0.2, -0.15) is 5.10 Å². The summed E-state index contributed by atoms with van der Waals surface area (Å²) in [7, 11) is 0. The van der Waals surface area contributed by atoms with Crippen LogP contribution in [0.2, 0.25) is 0 Å². The van der Waals surface area contributed by atoms with Gasteiger partial charge in [0.1, 0.15) is 0 Å². The molecule has 0 aromatic heterocycles. The van der Waals surface area contributed by atoms with E-state index in [4.69, 9.17) is 0 Å². The molecule has 3 rings (SSSR count). The Balaban J connectivity index is 1.61. The van der Waals surface area contributed by atoms with E-state index in [0.717, 1.165) is 5.56 Å². The van der Waals surface area contributed by atoms with Crippen LogP contribution < -0.4 is 10.7 Å². The fourth-order valence-corrected chi connectivity index (χ4v) is 2.68. The van der Waals surface area contributed by atoms with E-state index in [1.807, 2.05) is 19.1 Å². The summed E-state index contributed by atoms with van der Waals surface area (Å²) >= 11 is 0. The monoisotopic (exact) mass is 402 g/mol. The van der Waals surface area contributed by atoms with E-state index >= 15 is 0 Å².